The summed E-state index contributed by atoms with van der Waals surface area (Å²) in [7, 11) is 0. The molecule has 1 N–H and O–H groups in total. The van der Waals surface area contributed by atoms with Crippen molar-refractivity contribution in [3.8, 4) is 0 Å². The molecule has 2 fully saturated rings. The van der Waals surface area contributed by atoms with Gasteiger partial charge in [-0.05, 0) is 25.7 Å². The number of nitrogens with one attached hydrogen (secondary N) is 1. The van der Waals surface area contributed by atoms with Gasteiger partial charge in [0.2, 0.25) is 5.91 Å². The summed E-state index contributed by atoms with van der Waals surface area (Å²) in [6.45, 7) is 7.00. The number of amides is 1. The van der Waals surface area contributed by atoms with Gasteiger partial charge in [0.25, 0.3) is 0 Å². The Hall–Kier alpha value is -1.47. The molecule has 1 atom stereocenters. The molecule has 7 nitrogen and oxygen atoms in total. The summed E-state index contributed by atoms with van der Waals surface area (Å²) >= 11 is 0. The van der Waals surface area contributed by atoms with Crippen LogP contribution in [0.15, 0.2) is 6.33 Å². The van der Waals surface area contributed by atoms with E-state index in [0.29, 0.717) is 12.3 Å². The van der Waals surface area contributed by atoms with Crippen LogP contribution >= 0.6 is 0 Å². The molecule has 1 aliphatic carbocycles. The Balaban J connectivity index is 1.53. The predicted octanol–water partition coefficient (Wildman–Crippen LogP) is 0.588. The molecule has 2 heterocycles. The molecule has 1 saturated heterocycles. The van der Waals surface area contributed by atoms with Gasteiger partial charge in [-0.2, -0.15) is 5.10 Å². The minimum atomic E-state index is 0.0136. The van der Waals surface area contributed by atoms with Gasteiger partial charge in [0.1, 0.15) is 12.2 Å². The van der Waals surface area contributed by atoms with Crippen LogP contribution in [0, 0.1) is 5.92 Å². The molecule has 0 radical (unpaired) electrons. The molecule has 7 heteroatoms. The minimum Gasteiger partial charge on any atom is -0.379 e. The quantitative estimate of drug-likeness (QED) is 0.798. The van der Waals surface area contributed by atoms with Gasteiger partial charge in [0.05, 0.1) is 19.3 Å². The monoisotopic (exact) mass is 307 g/mol. The number of hydrogen-bond acceptors (Lipinski definition) is 5. The normalized spacial score (nSPS) is 20.8. The highest BCUT2D eigenvalue weighted by Crippen LogP contribution is 2.40. The third-order valence-electron chi connectivity index (χ3n) is 4.39. The maximum absolute atomic E-state index is 12.3. The van der Waals surface area contributed by atoms with E-state index in [0.717, 1.165) is 58.1 Å². The van der Waals surface area contributed by atoms with Crippen LogP contribution in [-0.2, 0) is 16.1 Å². The van der Waals surface area contributed by atoms with Gasteiger partial charge in [-0.25, -0.2) is 9.67 Å². The highest BCUT2D eigenvalue weighted by atomic mass is 16.5. The first-order valence-electron chi connectivity index (χ1n) is 8.25. The van der Waals surface area contributed by atoms with Crippen molar-refractivity contribution in [2.75, 3.05) is 32.8 Å². The van der Waals surface area contributed by atoms with Crippen LogP contribution < -0.4 is 5.32 Å². The Labute approximate surface area is 131 Å². The lowest BCUT2D eigenvalue weighted by atomic mass is 10.1. The molecule has 1 amide bonds. The highest BCUT2D eigenvalue weighted by Gasteiger charge is 2.36. The summed E-state index contributed by atoms with van der Waals surface area (Å²) in [5.41, 5.74) is 0. The lowest BCUT2D eigenvalue weighted by molar-refractivity contribution is -0.122. The summed E-state index contributed by atoms with van der Waals surface area (Å²) in [5.74, 6) is 1.51. The predicted molar refractivity (Wildman–Crippen MR) is 81.2 cm³/mol. The van der Waals surface area contributed by atoms with Crippen molar-refractivity contribution in [3.63, 3.8) is 0 Å². The zero-order valence-electron chi connectivity index (χ0n) is 13.2. The second-order valence-corrected chi connectivity index (χ2v) is 6.02. The largest absolute Gasteiger partial charge is 0.379 e. The number of nitrogens with zero attached hydrogens (tertiary/aromatic N) is 4. The number of carbonyl (C=O) groups excluding carboxylic acids is 1. The van der Waals surface area contributed by atoms with E-state index in [1.165, 1.54) is 0 Å². The van der Waals surface area contributed by atoms with E-state index in [1.54, 1.807) is 6.33 Å². The Morgan fingerprint density at radius 3 is 2.91 bits per heavy atom. The maximum Gasteiger partial charge on any atom is 0.221 e. The first kappa shape index (κ1) is 15.4. The molecule has 3 rings (SSSR count). The van der Waals surface area contributed by atoms with Crippen LogP contribution in [0.1, 0.15) is 38.1 Å². The lowest BCUT2D eigenvalue weighted by Gasteiger charge is -2.26. The Bertz CT molecular complexity index is 494. The number of morpholine rings is 1. The van der Waals surface area contributed by atoms with Gasteiger partial charge in [0, 0.05) is 32.6 Å². The second kappa shape index (κ2) is 7.19. The topological polar surface area (TPSA) is 72.3 Å². The van der Waals surface area contributed by atoms with Gasteiger partial charge in [-0.1, -0.05) is 0 Å². The molecule has 1 aromatic rings. The molecule has 0 bridgehead atoms. The van der Waals surface area contributed by atoms with E-state index >= 15 is 0 Å². The smallest absolute Gasteiger partial charge is 0.221 e. The molecule has 2 aliphatic rings. The van der Waals surface area contributed by atoms with E-state index in [2.05, 4.69) is 20.3 Å². The third-order valence-corrected chi connectivity index (χ3v) is 4.39. The molecule has 1 aliphatic heterocycles. The van der Waals surface area contributed by atoms with E-state index in [-0.39, 0.29) is 11.9 Å². The van der Waals surface area contributed by atoms with Crippen molar-refractivity contribution < 1.29 is 9.53 Å². The summed E-state index contributed by atoms with van der Waals surface area (Å²) in [4.78, 5) is 18.9. The Morgan fingerprint density at radius 1 is 1.45 bits per heavy atom. The second-order valence-electron chi connectivity index (χ2n) is 6.02. The molecule has 0 unspecified atom stereocenters. The summed E-state index contributed by atoms with van der Waals surface area (Å²) in [6, 6.07) is 0.0136. The number of aromatic nitrogens is 3. The van der Waals surface area contributed by atoms with Crippen LogP contribution in [0.3, 0.4) is 0 Å². The maximum atomic E-state index is 12.3. The molecule has 1 saturated carbocycles. The number of hydrogen-bond donors (Lipinski definition) is 1. The zero-order valence-corrected chi connectivity index (χ0v) is 13.2. The summed E-state index contributed by atoms with van der Waals surface area (Å²) < 4.78 is 7.21. The standard InChI is InChI=1S/C15H25N5O2/c1-2-20-15(16-11-17-20)14(12-3-4-12)18-13(21)5-6-19-7-9-22-10-8-19/h11-12,14H,2-10H2,1H3,(H,18,21)/t14-/m0/s1. The van der Waals surface area contributed by atoms with E-state index < -0.39 is 0 Å². The fourth-order valence-corrected chi connectivity index (χ4v) is 2.91. The first-order valence-corrected chi connectivity index (χ1v) is 8.25. The van der Waals surface area contributed by atoms with Crippen LogP contribution in [0.2, 0.25) is 0 Å². The zero-order chi connectivity index (χ0) is 15.4. The van der Waals surface area contributed by atoms with E-state index in [4.69, 9.17) is 4.74 Å². The fourth-order valence-electron chi connectivity index (χ4n) is 2.91. The number of rotatable bonds is 7. The van der Waals surface area contributed by atoms with E-state index in [1.807, 2.05) is 11.6 Å². The van der Waals surface area contributed by atoms with Crippen LogP contribution in [0.4, 0.5) is 0 Å². The average molecular weight is 307 g/mol. The molecule has 1 aromatic heterocycles. The molecular formula is C15H25N5O2. The molecule has 122 valence electrons. The van der Waals surface area contributed by atoms with Gasteiger partial charge in [0.15, 0.2) is 0 Å². The number of ether oxygens (including phenoxy) is 1. The summed E-state index contributed by atoms with van der Waals surface area (Å²) in [5, 5.41) is 7.40. The van der Waals surface area contributed by atoms with Gasteiger partial charge in [-0.15, -0.1) is 0 Å². The first-order chi connectivity index (χ1) is 10.8. The van der Waals surface area contributed by atoms with Gasteiger partial charge < -0.3 is 10.1 Å². The Kier molecular flexibility index (Phi) is 5.04. The molecule has 0 spiro atoms. The van der Waals surface area contributed by atoms with Crippen molar-refractivity contribution in [2.24, 2.45) is 5.92 Å². The van der Waals surface area contributed by atoms with Crippen LogP contribution in [-0.4, -0.2) is 58.4 Å². The Morgan fingerprint density at radius 2 is 2.23 bits per heavy atom. The third kappa shape index (κ3) is 3.84. The van der Waals surface area contributed by atoms with Gasteiger partial charge >= 0.3 is 0 Å². The van der Waals surface area contributed by atoms with Gasteiger partial charge in [-0.3, -0.25) is 9.69 Å². The molecular weight excluding hydrogens is 282 g/mol. The highest BCUT2D eigenvalue weighted by molar-refractivity contribution is 5.76. The van der Waals surface area contributed by atoms with Crippen molar-refractivity contribution >= 4 is 5.91 Å². The van der Waals surface area contributed by atoms with Crippen molar-refractivity contribution in [2.45, 2.75) is 38.8 Å². The van der Waals surface area contributed by atoms with Crippen LogP contribution in [0.25, 0.3) is 0 Å². The van der Waals surface area contributed by atoms with E-state index in [9.17, 15) is 4.79 Å². The average Bonchev–Trinajstić information content (AvgIpc) is 3.28. The SMILES string of the molecule is CCn1ncnc1[C@@H](NC(=O)CCN1CCOCC1)C1CC1. The van der Waals surface area contributed by atoms with Crippen molar-refractivity contribution in [1.82, 2.24) is 25.0 Å². The number of carbonyl (C=O) groups is 1. The van der Waals surface area contributed by atoms with Crippen molar-refractivity contribution in [3.05, 3.63) is 12.2 Å². The van der Waals surface area contributed by atoms with Crippen molar-refractivity contribution in [1.29, 1.82) is 0 Å². The fraction of sp³-hybridized carbons (Fsp3) is 0.800. The van der Waals surface area contributed by atoms with Crippen LogP contribution in [0.5, 0.6) is 0 Å². The number of aryl methyl sites for hydroxylation is 1. The summed E-state index contributed by atoms with van der Waals surface area (Å²) in [6.07, 6.45) is 4.42. The molecule has 22 heavy (non-hydrogen) atoms. The minimum absolute atomic E-state index is 0.0136. The lowest BCUT2D eigenvalue weighted by Crippen LogP contribution is -2.39. The molecule has 0 aromatic carbocycles.